The molecule has 3 heterocycles. The molecule has 0 saturated carbocycles. The number of hydrogen-bond donors (Lipinski definition) is 1. The Morgan fingerprint density at radius 1 is 1.25 bits per heavy atom. The number of amidine groups is 1. The van der Waals surface area contributed by atoms with E-state index in [9.17, 15) is 18.3 Å². The topological polar surface area (TPSA) is 61.6 Å². The molecule has 1 N–H and O–H groups in total. The van der Waals surface area contributed by atoms with Crippen LogP contribution in [0.1, 0.15) is 12.6 Å². The summed E-state index contributed by atoms with van der Waals surface area (Å²) in [5.74, 6) is 0.951. The van der Waals surface area contributed by atoms with Crippen LogP contribution in [0.25, 0.3) is 5.70 Å². The van der Waals surface area contributed by atoms with Gasteiger partial charge in [-0.25, -0.2) is 4.99 Å². The van der Waals surface area contributed by atoms with E-state index in [1.807, 2.05) is 6.92 Å². The summed E-state index contributed by atoms with van der Waals surface area (Å²) in [5, 5.41) is 16.8. The third-order valence-corrected chi connectivity index (χ3v) is 4.30. The molecule has 3 rings (SSSR count). The molecule has 0 spiro atoms. The van der Waals surface area contributed by atoms with Crippen molar-refractivity contribution < 1.29 is 18.3 Å². The number of aromatic nitrogens is 2. The lowest BCUT2D eigenvalue weighted by Crippen LogP contribution is -2.33. The lowest BCUT2D eigenvalue weighted by atomic mass is 10.1. The molecule has 126 valence electrons. The van der Waals surface area contributed by atoms with Gasteiger partial charge in [-0.05, 0) is 24.0 Å². The first-order chi connectivity index (χ1) is 11.4. The fourth-order valence-corrected chi connectivity index (χ4v) is 3.15. The Hall–Kier alpha value is -2.29. The number of fused-ring (bicyclic) bond motifs is 1. The van der Waals surface area contributed by atoms with Crippen molar-refractivity contribution in [2.45, 2.75) is 13.1 Å². The monoisotopic (exact) mass is 354 g/mol. The van der Waals surface area contributed by atoms with E-state index in [1.165, 1.54) is 28.8 Å². The van der Waals surface area contributed by atoms with Gasteiger partial charge in [0.15, 0.2) is 0 Å². The van der Waals surface area contributed by atoms with Crippen LogP contribution in [0.4, 0.5) is 13.2 Å². The number of rotatable bonds is 3. The lowest BCUT2D eigenvalue weighted by Gasteiger charge is -2.30. The van der Waals surface area contributed by atoms with Crippen molar-refractivity contribution in [3.8, 4) is 5.88 Å². The molecule has 0 fully saturated rings. The summed E-state index contributed by atoms with van der Waals surface area (Å²) in [6.45, 7) is 2.23. The van der Waals surface area contributed by atoms with E-state index in [-0.39, 0.29) is 12.4 Å². The number of alkyl halides is 3. The van der Waals surface area contributed by atoms with Crippen LogP contribution in [0.5, 0.6) is 5.88 Å². The summed E-state index contributed by atoms with van der Waals surface area (Å²) < 4.78 is 38.6. The van der Waals surface area contributed by atoms with Gasteiger partial charge in [-0.1, -0.05) is 6.92 Å². The number of halogens is 3. The van der Waals surface area contributed by atoms with Gasteiger partial charge in [0, 0.05) is 17.2 Å². The Bertz CT molecular complexity index is 766. The molecule has 24 heavy (non-hydrogen) atoms. The summed E-state index contributed by atoms with van der Waals surface area (Å²) in [6.07, 6.45) is -0.988. The van der Waals surface area contributed by atoms with E-state index >= 15 is 0 Å². The lowest BCUT2D eigenvalue weighted by molar-refractivity contribution is -0.0890. The summed E-state index contributed by atoms with van der Waals surface area (Å²) in [4.78, 5) is 6.71. The predicted octanol–water partition coefficient (Wildman–Crippen LogP) is 3.33. The molecule has 0 radical (unpaired) electrons. The fraction of sp³-hybridized carbons (Fsp3) is 0.267. The molecule has 0 saturated heterocycles. The SMILES string of the molecule is CCSC1=C(c2ccc(O)nn2)N=C2C=CC(C(F)(F)F)=CN2C1. The Labute approximate surface area is 140 Å². The highest BCUT2D eigenvalue weighted by molar-refractivity contribution is 8.03. The summed E-state index contributed by atoms with van der Waals surface area (Å²) in [7, 11) is 0. The highest BCUT2D eigenvalue weighted by Gasteiger charge is 2.35. The molecule has 2 aliphatic rings. The van der Waals surface area contributed by atoms with Crippen LogP contribution in [0.2, 0.25) is 0 Å². The number of aromatic hydroxyl groups is 1. The van der Waals surface area contributed by atoms with E-state index in [4.69, 9.17) is 0 Å². The molecule has 0 aliphatic carbocycles. The second kappa shape index (κ2) is 6.31. The first kappa shape index (κ1) is 16.6. The molecule has 2 aliphatic heterocycles. The second-order valence-electron chi connectivity index (χ2n) is 5.00. The molecular weight excluding hydrogens is 341 g/mol. The van der Waals surface area contributed by atoms with Crippen LogP contribution < -0.4 is 0 Å². The van der Waals surface area contributed by atoms with Crippen molar-refractivity contribution >= 4 is 23.3 Å². The van der Waals surface area contributed by atoms with Crippen molar-refractivity contribution in [3.63, 3.8) is 0 Å². The van der Waals surface area contributed by atoms with Crippen molar-refractivity contribution in [2.75, 3.05) is 12.3 Å². The zero-order valence-electron chi connectivity index (χ0n) is 12.6. The summed E-state index contributed by atoms with van der Waals surface area (Å²) in [5.41, 5.74) is 0.319. The molecule has 0 amide bonds. The zero-order valence-corrected chi connectivity index (χ0v) is 13.4. The Morgan fingerprint density at radius 3 is 2.67 bits per heavy atom. The minimum Gasteiger partial charge on any atom is -0.492 e. The highest BCUT2D eigenvalue weighted by Crippen LogP contribution is 2.35. The minimum absolute atomic E-state index is 0.204. The molecule has 1 aromatic heterocycles. The average molecular weight is 354 g/mol. The Kier molecular flexibility index (Phi) is 4.35. The van der Waals surface area contributed by atoms with E-state index in [0.29, 0.717) is 17.2 Å². The first-order valence-electron chi connectivity index (χ1n) is 7.10. The summed E-state index contributed by atoms with van der Waals surface area (Å²) >= 11 is 1.49. The summed E-state index contributed by atoms with van der Waals surface area (Å²) in [6, 6.07) is 2.98. The van der Waals surface area contributed by atoms with Gasteiger partial charge in [0.1, 0.15) is 17.2 Å². The van der Waals surface area contributed by atoms with E-state index in [1.54, 1.807) is 6.07 Å². The molecular formula is C15H13F3N4OS. The zero-order chi connectivity index (χ0) is 17.3. The van der Waals surface area contributed by atoms with E-state index < -0.39 is 11.7 Å². The van der Waals surface area contributed by atoms with Gasteiger partial charge in [-0.15, -0.1) is 22.0 Å². The normalized spacial score (nSPS) is 17.6. The van der Waals surface area contributed by atoms with Gasteiger partial charge in [0.25, 0.3) is 0 Å². The van der Waals surface area contributed by atoms with Gasteiger partial charge < -0.3 is 10.0 Å². The molecule has 0 bridgehead atoms. The van der Waals surface area contributed by atoms with Crippen molar-refractivity contribution in [1.82, 2.24) is 15.1 Å². The fourth-order valence-electron chi connectivity index (χ4n) is 2.28. The van der Waals surface area contributed by atoms with Crippen LogP contribution in [-0.4, -0.2) is 44.5 Å². The quantitative estimate of drug-likeness (QED) is 0.902. The van der Waals surface area contributed by atoms with Gasteiger partial charge >= 0.3 is 6.18 Å². The van der Waals surface area contributed by atoms with Gasteiger partial charge in [-0.3, -0.25) is 0 Å². The maximum absolute atomic E-state index is 12.9. The standard InChI is InChI=1S/C15H13F3N4OS/c1-2-24-11-8-22-7-9(15(16,17)18)3-5-12(22)19-14(11)10-4-6-13(23)21-20-10/h3-7H,2,8H2,1H3,(H,21,23). The molecule has 0 aromatic carbocycles. The maximum atomic E-state index is 12.9. The number of hydrogen-bond acceptors (Lipinski definition) is 6. The predicted molar refractivity (Wildman–Crippen MR) is 86.2 cm³/mol. The number of allylic oxidation sites excluding steroid dienone is 2. The van der Waals surface area contributed by atoms with Gasteiger partial charge in [0.2, 0.25) is 5.88 Å². The van der Waals surface area contributed by atoms with Crippen molar-refractivity contribution in [1.29, 1.82) is 0 Å². The van der Waals surface area contributed by atoms with Gasteiger partial charge in [0.05, 0.1) is 12.1 Å². The van der Waals surface area contributed by atoms with Crippen LogP contribution in [0.15, 0.2) is 46.0 Å². The smallest absolute Gasteiger partial charge is 0.417 e. The first-order valence-corrected chi connectivity index (χ1v) is 8.08. The molecule has 1 aromatic rings. The van der Waals surface area contributed by atoms with Crippen LogP contribution in [0.3, 0.4) is 0 Å². The minimum atomic E-state index is -4.40. The maximum Gasteiger partial charge on any atom is 0.417 e. The third-order valence-electron chi connectivity index (χ3n) is 3.34. The van der Waals surface area contributed by atoms with Crippen LogP contribution >= 0.6 is 11.8 Å². The molecule has 0 unspecified atom stereocenters. The van der Waals surface area contributed by atoms with E-state index in [0.717, 1.165) is 22.9 Å². The number of aliphatic imine (C=N–C) groups is 1. The average Bonchev–Trinajstić information content (AvgIpc) is 2.54. The second-order valence-corrected chi connectivity index (χ2v) is 6.35. The van der Waals surface area contributed by atoms with Gasteiger partial charge in [-0.2, -0.15) is 13.2 Å². The number of thioether (sulfide) groups is 1. The Balaban J connectivity index is 1.99. The Morgan fingerprint density at radius 2 is 2.04 bits per heavy atom. The third kappa shape index (κ3) is 3.30. The molecule has 5 nitrogen and oxygen atoms in total. The number of nitrogens with zero attached hydrogens (tertiary/aromatic N) is 4. The largest absolute Gasteiger partial charge is 0.492 e. The molecule has 0 atom stereocenters. The van der Waals surface area contributed by atoms with Crippen molar-refractivity contribution in [3.05, 3.63) is 46.7 Å². The van der Waals surface area contributed by atoms with Crippen LogP contribution in [-0.2, 0) is 0 Å². The van der Waals surface area contributed by atoms with Crippen LogP contribution in [0, 0.1) is 0 Å². The molecule has 9 heteroatoms. The van der Waals surface area contributed by atoms with E-state index in [2.05, 4.69) is 15.2 Å². The highest BCUT2D eigenvalue weighted by atomic mass is 32.2. The van der Waals surface area contributed by atoms with Crippen molar-refractivity contribution in [2.24, 2.45) is 4.99 Å².